The lowest BCUT2D eigenvalue weighted by Gasteiger charge is -2.37. The highest BCUT2D eigenvalue weighted by molar-refractivity contribution is 5.85. The van der Waals surface area contributed by atoms with Gasteiger partial charge in [-0.2, -0.15) is 0 Å². The van der Waals surface area contributed by atoms with E-state index in [0.717, 1.165) is 44.7 Å². The Kier molecular flexibility index (Phi) is 9.61. The lowest BCUT2D eigenvalue weighted by molar-refractivity contribution is -0.124. The molecule has 6 nitrogen and oxygen atoms in total. The number of hydrogen-bond acceptors (Lipinski definition) is 5. The molecular weight excluding hydrogens is 373 g/mol. The summed E-state index contributed by atoms with van der Waals surface area (Å²) >= 11 is 0. The zero-order valence-corrected chi connectivity index (χ0v) is 16.9. The normalized spacial score (nSPS) is 21.9. The first-order chi connectivity index (χ1) is 11.7. The van der Waals surface area contributed by atoms with Crippen LogP contribution in [0.4, 0.5) is 5.95 Å². The van der Waals surface area contributed by atoms with Crippen LogP contribution in [0.3, 0.4) is 0 Å². The van der Waals surface area contributed by atoms with Gasteiger partial charge in [-0.05, 0) is 43.7 Å². The number of aromatic nitrogens is 2. The molecule has 3 rings (SSSR count). The topological polar surface area (TPSA) is 84.1 Å². The van der Waals surface area contributed by atoms with Crippen LogP contribution >= 0.6 is 24.8 Å². The van der Waals surface area contributed by atoms with Crippen LogP contribution in [-0.4, -0.2) is 41.6 Å². The molecule has 2 aliphatic rings. The SMILES string of the molecule is Cl.Cl.NCC1(CC(=O)NC2CCCN(c3ncccn3)C2)CCCCC1. The minimum atomic E-state index is 0. The number of piperidine rings is 1. The van der Waals surface area contributed by atoms with Crippen LogP contribution in [0.25, 0.3) is 0 Å². The fourth-order valence-electron chi connectivity index (χ4n) is 4.11. The van der Waals surface area contributed by atoms with E-state index < -0.39 is 0 Å². The quantitative estimate of drug-likeness (QED) is 0.789. The number of hydrogen-bond donors (Lipinski definition) is 2. The summed E-state index contributed by atoms with van der Waals surface area (Å²) in [6.07, 6.45) is 12.0. The number of amides is 1. The molecule has 1 aliphatic carbocycles. The van der Waals surface area contributed by atoms with Gasteiger partial charge in [0, 0.05) is 37.9 Å². The van der Waals surface area contributed by atoms with Crippen molar-refractivity contribution < 1.29 is 4.79 Å². The molecule has 1 amide bonds. The molecule has 1 unspecified atom stereocenters. The van der Waals surface area contributed by atoms with Gasteiger partial charge in [0.25, 0.3) is 0 Å². The maximum Gasteiger partial charge on any atom is 0.225 e. The second kappa shape index (κ2) is 10.9. The Hall–Kier alpha value is -1.11. The Morgan fingerprint density at radius 1 is 1.19 bits per heavy atom. The third-order valence-corrected chi connectivity index (χ3v) is 5.50. The second-order valence-electron chi connectivity index (χ2n) is 7.34. The number of rotatable bonds is 5. The summed E-state index contributed by atoms with van der Waals surface area (Å²) in [5.41, 5.74) is 6.04. The van der Waals surface area contributed by atoms with Gasteiger partial charge in [0.05, 0.1) is 0 Å². The summed E-state index contributed by atoms with van der Waals surface area (Å²) in [4.78, 5) is 23.4. The van der Waals surface area contributed by atoms with Crippen LogP contribution in [0.2, 0.25) is 0 Å². The largest absolute Gasteiger partial charge is 0.352 e. The van der Waals surface area contributed by atoms with Crippen molar-refractivity contribution in [3.63, 3.8) is 0 Å². The van der Waals surface area contributed by atoms with Gasteiger partial charge in [-0.1, -0.05) is 19.3 Å². The highest BCUT2D eigenvalue weighted by Gasteiger charge is 2.34. The van der Waals surface area contributed by atoms with Crippen molar-refractivity contribution in [2.75, 3.05) is 24.5 Å². The van der Waals surface area contributed by atoms with Gasteiger partial charge >= 0.3 is 0 Å². The van der Waals surface area contributed by atoms with E-state index in [1.54, 1.807) is 12.4 Å². The number of carbonyl (C=O) groups excluding carboxylic acids is 1. The molecule has 0 bridgehead atoms. The van der Waals surface area contributed by atoms with Crippen molar-refractivity contribution in [3.8, 4) is 0 Å². The molecule has 1 aromatic heterocycles. The van der Waals surface area contributed by atoms with E-state index in [9.17, 15) is 4.79 Å². The number of nitrogens with zero attached hydrogens (tertiary/aromatic N) is 3. The first-order valence-corrected chi connectivity index (χ1v) is 9.22. The third kappa shape index (κ3) is 5.96. The Labute approximate surface area is 168 Å². The van der Waals surface area contributed by atoms with Crippen molar-refractivity contribution in [2.45, 2.75) is 57.4 Å². The first kappa shape index (κ1) is 22.9. The minimum Gasteiger partial charge on any atom is -0.352 e. The molecule has 1 saturated heterocycles. The number of nitrogens with two attached hydrogens (primary N) is 1. The van der Waals surface area contributed by atoms with E-state index in [2.05, 4.69) is 20.2 Å². The Morgan fingerprint density at radius 2 is 1.88 bits per heavy atom. The van der Waals surface area contributed by atoms with Gasteiger partial charge in [-0.15, -0.1) is 24.8 Å². The van der Waals surface area contributed by atoms with Crippen LogP contribution in [-0.2, 0) is 4.79 Å². The average Bonchev–Trinajstić information content (AvgIpc) is 2.63. The highest BCUT2D eigenvalue weighted by atomic mass is 35.5. The first-order valence-electron chi connectivity index (χ1n) is 9.22. The summed E-state index contributed by atoms with van der Waals surface area (Å²) in [5, 5.41) is 3.23. The van der Waals surface area contributed by atoms with Gasteiger partial charge in [-0.3, -0.25) is 4.79 Å². The number of halogens is 2. The van der Waals surface area contributed by atoms with Crippen molar-refractivity contribution in [2.24, 2.45) is 11.1 Å². The smallest absolute Gasteiger partial charge is 0.225 e. The molecule has 0 aromatic carbocycles. The highest BCUT2D eigenvalue weighted by Crippen LogP contribution is 2.38. The van der Waals surface area contributed by atoms with Gasteiger partial charge < -0.3 is 16.0 Å². The summed E-state index contributed by atoms with van der Waals surface area (Å²) in [7, 11) is 0. The predicted octanol–water partition coefficient (Wildman–Crippen LogP) is 2.70. The fraction of sp³-hybridized carbons (Fsp3) is 0.722. The summed E-state index contributed by atoms with van der Waals surface area (Å²) < 4.78 is 0. The lowest BCUT2D eigenvalue weighted by atomic mass is 9.71. The van der Waals surface area contributed by atoms with E-state index in [4.69, 9.17) is 5.73 Å². The number of anilines is 1. The van der Waals surface area contributed by atoms with Gasteiger partial charge in [-0.25, -0.2) is 9.97 Å². The zero-order valence-electron chi connectivity index (χ0n) is 15.2. The minimum absolute atomic E-state index is 0. The zero-order chi connectivity index (χ0) is 16.8. The average molecular weight is 404 g/mol. The Balaban J connectivity index is 0.00000169. The monoisotopic (exact) mass is 403 g/mol. The van der Waals surface area contributed by atoms with E-state index in [1.165, 1.54) is 19.3 Å². The van der Waals surface area contributed by atoms with Crippen LogP contribution in [0.15, 0.2) is 18.5 Å². The molecule has 0 spiro atoms. The standard InChI is InChI=1S/C18H29N5O.2ClH/c19-14-18(7-2-1-3-8-18)12-16(24)22-15-6-4-11-23(13-15)17-20-9-5-10-21-17;;/h5,9-10,15H,1-4,6-8,11-14,19H2,(H,22,24);2*1H. The Morgan fingerprint density at radius 3 is 2.54 bits per heavy atom. The molecule has 3 N–H and O–H groups in total. The van der Waals surface area contributed by atoms with Crippen molar-refractivity contribution in [1.82, 2.24) is 15.3 Å². The van der Waals surface area contributed by atoms with Crippen LogP contribution in [0, 0.1) is 5.41 Å². The molecule has 8 heteroatoms. The summed E-state index contributed by atoms with van der Waals surface area (Å²) in [6, 6.07) is 2.00. The maximum absolute atomic E-state index is 12.6. The molecule has 1 atom stereocenters. The molecule has 0 radical (unpaired) electrons. The Bertz CT molecular complexity index is 540. The van der Waals surface area contributed by atoms with E-state index in [1.807, 2.05) is 6.07 Å². The van der Waals surface area contributed by atoms with E-state index in [0.29, 0.717) is 13.0 Å². The van der Waals surface area contributed by atoms with Crippen molar-refractivity contribution in [1.29, 1.82) is 0 Å². The molecule has 1 saturated carbocycles. The van der Waals surface area contributed by atoms with Crippen molar-refractivity contribution >= 4 is 36.7 Å². The summed E-state index contributed by atoms with van der Waals surface area (Å²) in [6.45, 7) is 2.35. The summed E-state index contributed by atoms with van der Waals surface area (Å²) in [5.74, 6) is 0.908. The van der Waals surface area contributed by atoms with Gasteiger partial charge in [0.2, 0.25) is 11.9 Å². The number of nitrogens with one attached hydrogen (secondary N) is 1. The van der Waals surface area contributed by atoms with Crippen LogP contribution in [0.5, 0.6) is 0 Å². The molecule has 26 heavy (non-hydrogen) atoms. The maximum atomic E-state index is 12.6. The fourth-order valence-corrected chi connectivity index (χ4v) is 4.11. The molecule has 2 fully saturated rings. The van der Waals surface area contributed by atoms with E-state index in [-0.39, 0.29) is 42.2 Å². The van der Waals surface area contributed by atoms with Crippen LogP contribution in [0.1, 0.15) is 51.4 Å². The van der Waals surface area contributed by atoms with Crippen molar-refractivity contribution in [3.05, 3.63) is 18.5 Å². The van der Waals surface area contributed by atoms with E-state index >= 15 is 0 Å². The number of carbonyl (C=O) groups is 1. The second-order valence-corrected chi connectivity index (χ2v) is 7.34. The molecule has 2 heterocycles. The molecule has 1 aliphatic heterocycles. The molecule has 1 aromatic rings. The predicted molar refractivity (Wildman–Crippen MR) is 109 cm³/mol. The lowest BCUT2D eigenvalue weighted by Crippen LogP contribution is -2.49. The van der Waals surface area contributed by atoms with Gasteiger partial charge in [0.1, 0.15) is 0 Å². The van der Waals surface area contributed by atoms with Gasteiger partial charge in [0.15, 0.2) is 0 Å². The molecule has 148 valence electrons. The van der Waals surface area contributed by atoms with Crippen LogP contribution < -0.4 is 16.0 Å². The third-order valence-electron chi connectivity index (χ3n) is 5.50. The molecular formula is C18H31Cl2N5O.